The summed E-state index contributed by atoms with van der Waals surface area (Å²) in [7, 11) is -3.74. The molecule has 8 heteroatoms. The highest BCUT2D eigenvalue weighted by Crippen LogP contribution is 2.33. The molecule has 0 saturated carbocycles. The molecule has 0 fully saturated rings. The minimum absolute atomic E-state index is 0.156. The molecule has 1 aromatic heterocycles. The molecule has 0 saturated heterocycles. The Labute approximate surface area is 124 Å². The number of aryl methyl sites for hydroxylation is 1. The SMILES string of the molecule is Cc1ccc(S(=O)(=O)Nc2ccccc2SC(F)F)s1. The summed E-state index contributed by atoms with van der Waals surface area (Å²) in [6, 6.07) is 9.27. The predicted octanol–water partition coefficient (Wildman–Crippen LogP) is 4.17. The molecular weight excluding hydrogens is 324 g/mol. The summed E-state index contributed by atoms with van der Waals surface area (Å²) in [4.78, 5) is 1.06. The van der Waals surface area contributed by atoms with Gasteiger partial charge in [-0.15, -0.1) is 11.3 Å². The van der Waals surface area contributed by atoms with Gasteiger partial charge in [0.05, 0.1) is 5.69 Å². The van der Waals surface area contributed by atoms with E-state index in [1.54, 1.807) is 25.1 Å². The lowest BCUT2D eigenvalue weighted by molar-refractivity contribution is 0.252. The molecule has 0 unspecified atom stereocenters. The monoisotopic (exact) mass is 335 g/mol. The Bertz CT molecular complexity index is 698. The minimum atomic E-state index is -3.74. The summed E-state index contributed by atoms with van der Waals surface area (Å²) in [5, 5.41) is 0. The zero-order valence-electron chi connectivity index (χ0n) is 10.3. The van der Waals surface area contributed by atoms with E-state index in [0.717, 1.165) is 16.2 Å². The van der Waals surface area contributed by atoms with Crippen LogP contribution in [0.5, 0.6) is 0 Å². The molecule has 2 rings (SSSR count). The number of sulfonamides is 1. The number of thioether (sulfide) groups is 1. The van der Waals surface area contributed by atoms with Crippen LogP contribution in [-0.4, -0.2) is 14.2 Å². The van der Waals surface area contributed by atoms with Gasteiger partial charge in [0.1, 0.15) is 4.21 Å². The van der Waals surface area contributed by atoms with Crippen molar-refractivity contribution in [1.82, 2.24) is 0 Å². The predicted molar refractivity (Wildman–Crippen MR) is 78.2 cm³/mol. The number of rotatable bonds is 5. The lowest BCUT2D eigenvalue weighted by Crippen LogP contribution is -2.12. The topological polar surface area (TPSA) is 46.2 Å². The van der Waals surface area contributed by atoms with Gasteiger partial charge in [0.15, 0.2) is 0 Å². The number of hydrogen-bond acceptors (Lipinski definition) is 4. The molecule has 0 aliphatic heterocycles. The van der Waals surface area contributed by atoms with Crippen LogP contribution >= 0.6 is 23.1 Å². The quantitative estimate of drug-likeness (QED) is 0.834. The van der Waals surface area contributed by atoms with E-state index in [1.165, 1.54) is 18.2 Å². The first-order chi connectivity index (χ1) is 9.38. The number of halogens is 2. The smallest absolute Gasteiger partial charge is 0.278 e. The van der Waals surface area contributed by atoms with Crippen molar-refractivity contribution in [1.29, 1.82) is 0 Å². The van der Waals surface area contributed by atoms with Gasteiger partial charge in [-0.3, -0.25) is 4.72 Å². The van der Waals surface area contributed by atoms with Gasteiger partial charge < -0.3 is 0 Å². The molecule has 0 aliphatic rings. The first-order valence-electron chi connectivity index (χ1n) is 5.51. The number of para-hydroxylation sites is 1. The Morgan fingerprint density at radius 3 is 2.50 bits per heavy atom. The Kier molecular flexibility index (Phi) is 4.66. The van der Waals surface area contributed by atoms with Gasteiger partial charge in [0.2, 0.25) is 0 Å². The summed E-state index contributed by atoms with van der Waals surface area (Å²) < 4.78 is 51.7. The van der Waals surface area contributed by atoms with Crippen LogP contribution in [0.15, 0.2) is 45.5 Å². The summed E-state index contributed by atoms with van der Waals surface area (Å²) in [6.07, 6.45) is 0. The fourth-order valence-electron chi connectivity index (χ4n) is 1.50. The zero-order chi connectivity index (χ0) is 14.8. The highest BCUT2D eigenvalue weighted by Gasteiger charge is 2.19. The van der Waals surface area contributed by atoms with Crippen molar-refractivity contribution in [2.45, 2.75) is 21.8 Å². The van der Waals surface area contributed by atoms with Crippen molar-refractivity contribution in [3.05, 3.63) is 41.3 Å². The molecule has 1 aromatic carbocycles. The van der Waals surface area contributed by atoms with Crippen LogP contribution in [0.4, 0.5) is 14.5 Å². The van der Waals surface area contributed by atoms with Gasteiger partial charge in [-0.05, 0) is 31.2 Å². The van der Waals surface area contributed by atoms with E-state index in [9.17, 15) is 17.2 Å². The Balaban J connectivity index is 2.30. The summed E-state index contributed by atoms with van der Waals surface area (Å²) in [5.74, 6) is -2.61. The molecule has 20 heavy (non-hydrogen) atoms. The van der Waals surface area contributed by atoms with Gasteiger partial charge in [-0.2, -0.15) is 8.78 Å². The van der Waals surface area contributed by atoms with E-state index >= 15 is 0 Å². The second-order valence-electron chi connectivity index (χ2n) is 3.85. The zero-order valence-corrected chi connectivity index (χ0v) is 12.8. The maximum atomic E-state index is 12.4. The number of hydrogen-bond donors (Lipinski definition) is 1. The Hall–Kier alpha value is -1.12. The third-order valence-corrected chi connectivity index (χ3v) is 5.97. The van der Waals surface area contributed by atoms with Crippen molar-refractivity contribution in [2.75, 3.05) is 4.72 Å². The Morgan fingerprint density at radius 2 is 1.90 bits per heavy atom. The minimum Gasteiger partial charge on any atom is -0.278 e. The number of thiophene rings is 1. The third-order valence-electron chi connectivity index (χ3n) is 2.33. The van der Waals surface area contributed by atoms with Gasteiger partial charge in [0.25, 0.3) is 15.8 Å². The maximum Gasteiger partial charge on any atom is 0.288 e. The molecular formula is C12H11F2NO2S3. The van der Waals surface area contributed by atoms with Crippen molar-refractivity contribution < 1.29 is 17.2 Å². The van der Waals surface area contributed by atoms with Gasteiger partial charge >= 0.3 is 0 Å². The maximum absolute atomic E-state index is 12.4. The first-order valence-corrected chi connectivity index (χ1v) is 8.69. The van der Waals surface area contributed by atoms with Crippen LogP contribution < -0.4 is 4.72 Å². The van der Waals surface area contributed by atoms with Gasteiger partial charge in [-0.1, -0.05) is 23.9 Å². The molecule has 0 bridgehead atoms. The molecule has 0 atom stereocenters. The average Bonchev–Trinajstić information content (AvgIpc) is 2.78. The van der Waals surface area contributed by atoms with E-state index in [0.29, 0.717) is 11.8 Å². The van der Waals surface area contributed by atoms with Crippen LogP contribution in [0, 0.1) is 6.92 Å². The molecule has 3 nitrogen and oxygen atoms in total. The van der Waals surface area contributed by atoms with Crippen molar-refractivity contribution in [3.8, 4) is 0 Å². The standard InChI is InChI=1S/C12H11F2NO2S3/c1-8-6-7-11(18-8)20(16,17)15-9-4-2-3-5-10(9)19-12(13)14/h2-7,12,15H,1H3. The fourth-order valence-corrected chi connectivity index (χ4v) is 4.52. The van der Waals surface area contributed by atoms with Crippen molar-refractivity contribution in [2.24, 2.45) is 0 Å². The largest absolute Gasteiger partial charge is 0.288 e. The molecule has 108 valence electrons. The summed E-state index contributed by atoms with van der Waals surface area (Å²) in [6.45, 7) is 1.80. The average molecular weight is 335 g/mol. The summed E-state index contributed by atoms with van der Waals surface area (Å²) >= 11 is 1.44. The molecule has 1 N–H and O–H groups in total. The van der Waals surface area contributed by atoms with E-state index < -0.39 is 15.8 Å². The van der Waals surface area contributed by atoms with Crippen LogP contribution in [0.25, 0.3) is 0 Å². The van der Waals surface area contributed by atoms with Crippen molar-refractivity contribution in [3.63, 3.8) is 0 Å². The summed E-state index contributed by atoms with van der Waals surface area (Å²) in [5.41, 5.74) is 0.156. The lowest BCUT2D eigenvalue weighted by Gasteiger charge is -2.10. The normalized spacial score (nSPS) is 11.8. The lowest BCUT2D eigenvalue weighted by atomic mass is 10.3. The van der Waals surface area contributed by atoms with Crippen LogP contribution in [0.2, 0.25) is 0 Å². The molecule has 0 amide bonds. The molecule has 0 aliphatic carbocycles. The van der Waals surface area contributed by atoms with Gasteiger partial charge in [-0.25, -0.2) is 8.42 Å². The van der Waals surface area contributed by atoms with E-state index in [-0.39, 0.29) is 14.8 Å². The number of nitrogens with one attached hydrogen (secondary N) is 1. The second kappa shape index (κ2) is 6.11. The third kappa shape index (κ3) is 3.71. The van der Waals surface area contributed by atoms with Crippen LogP contribution in [-0.2, 0) is 10.0 Å². The molecule has 2 aromatic rings. The van der Waals surface area contributed by atoms with Gasteiger partial charge in [0, 0.05) is 9.77 Å². The van der Waals surface area contributed by atoms with E-state index in [2.05, 4.69) is 4.72 Å². The molecule has 1 heterocycles. The van der Waals surface area contributed by atoms with Crippen LogP contribution in [0.1, 0.15) is 4.88 Å². The molecule has 0 spiro atoms. The highest BCUT2D eigenvalue weighted by molar-refractivity contribution is 8.00. The van der Waals surface area contributed by atoms with E-state index in [1.807, 2.05) is 0 Å². The second-order valence-corrected chi connectivity index (χ2v) is 8.07. The van der Waals surface area contributed by atoms with E-state index in [4.69, 9.17) is 0 Å². The first kappa shape index (κ1) is 15.3. The highest BCUT2D eigenvalue weighted by atomic mass is 32.2. The Morgan fingerprint density at radius 1 is 1.20 bits per heavy atom. The number of anilines is 1. The van der Waals surface area contributed by atoms with Crippen LogP contribution in [0.3, 0.4) is 0 Å². The number of benzene rings is 1. The molecule has 0 radical (unpaired) electrons. The van der Waals surface area contributed by atoms with Crippen molar-refractivity contribution >= 4 is 38.8 Å². The number of alkyl halides is 2. The fraction of sp³-hybridized carbons (Fsp3) is 0.167.